The molecule has 0 aliphatic heterocycles. The Kier molecular flexibility index (Phi) is 5.16. The molecule has 28 heavy (non-hydrogen) atoms. The van der Waals surface area contributed by atoms with Crippen molar-refractivity contribution in [2.45, 2.75) is 6.18 Å². The fraction of sp³-hybridized carbons (Fsp3) is 0.105. The zero-order valence-corrected chi connectivity index (χ0v) is 14.3. The van der Waals surface area contributed by atoms with Gasteiger partial charge in [-0.2, -0.15) is 13.2 Å². The fourth-order valence-corrected chi connectivity index (χ4v) is 2.59. The molecule has 3 aromatic rings. The molecular formula is C19H14F3N3O3. The van der Waals surface area contributed by atoms with Gasteiger partial charge in [-0.05, 0) is 29.7 Å². The lowest BCUT2D eigenvalue weighted by atomic mass is 10.1. The predicted molar refractivity (Wildman–Crippen MR) is 97.4 cm³/mol. The Morgan fingerprint density at radius 2 is 1.64 bits per heavy atom. The number of fused-ring (bicyclic) bond motifs is 1. The molecule has 2 amide bonds. The Balaban J connectivity index is 1.85. The Labute approximate surface area is 156 Å². The maximum Gasteiger partial charge on any atom is 0.405 e. The fourth-order valence-electron chi connectivity index (χ4n) is 2.59. The van der Waals surface area contributed by atoms with Crippen molar-refractivity contribution in [1.29, 1.82) is 0 Å². The number of anilines is 1. The molecule has 0 saturated carbocycles. The van der Waals surface area contributed by atoms with Crippen LogP contribution in [0.1, 0.15) is 20.8 Å². The predicted octanol–water partition coefficient (Wildman–Crippen LogP) is 3.07. The SMILES string of the molecule is O=C(Nc1ccccc1C(=O)NCC(F)(F)F)c1cc2ccccc2c(=O)[nH]1. The maximum absolute atomic E-state index is 12.5. The van der Waals surface area contributed by atoms with Crippen LogP contribution < -0.4 is 16.2 Å². The lowest BCUT2D eigenvalue weighted by Crippen LogP contribution is -2.34. The molecule has 0 aliphatic carbocycles. The van der Waals surface area contributed by atoms with Crippen molar-refractivity contribution in [3.05, 3.63) is 76.2 Å². The van der Waals surface area contributed by atoms with Crippen molar-refractivity contribution in [1.82, 2.24) is 10.3 Å². The van der Waals surface area contributed by atoms with Crippen molar-refractivity contribution < 1.29 is 22.8 Å². The van der Waals surface area contributed by atoms with Crippen LogP contribution in [-0.2, 0) is 0 Å². The zero-order chi connectivity index (χ0) is 20.3. The Hall–Kier alpha value is -3.62. The summed E-state index contributed by atoms with van der Waals surface area (Å²) in [5, 5.41) is 5.16. The lowest BCUT2D eigenvalue weighted by molar-refractivity contribution is -0.123. The van der Waals surface area contributed by atoms with Gasteiger partial charge in [-0.3, -0.25) is 14.4 Å². The maximum atomic E-state index is 12.5. The van der Waals surface area contributed by atoms with Crippen LogP contribution >= 0.6 is 0 Å². The minimum absolute atomic E-state index is 0.0150. The van der Waals surface area contributed by atoms with Crippen LogP contribution in [0.25, 0.3) is 10.8 Å². The van der Waals surface area contributed by atoms with Gasteiger partial charge in [0.2, 0.25) is 0 Å². The number of benzene rings is 2. The van der Waals surface area contributed by atoms with Gasteiger partial charge in [0.15, 0.2) is 0 Å². The van der Waals surface area contributed by atoms with Crippen molar-refractivity contribution in [2.24, 2.45) is 0 Å². The van der Waals surface area contributed by atoms with Crippen LogP contribution in [0.3, 0.4) is 0 Å². The Morgan fingerprint density at radius 3 is 2.39 bits per heavy atom. The number of nitrogens with one attached hydrogen (secondary N) is 3. The highest BCUT2D eigenvalue weighted by molar-refractivity contribution is 6.09. The third-order valence-corrected chi connectivity index (χ3v) is 3.87. The number of amides is 2. The second kappa shape index (κ2) is 7.55. The van der Waals surface area contributed by atoms with Crippen LogP contribution in [-0.4, -0.2) is 29.5 Å². The van der Waals surface area contributed by atoms with E-state index in [1.165, 1.54) is 30.3 Å². The molecule has 0 radical (unpaired) electrons. The highest BCUT2D eigenvalue weighted by atomic mass is 19.4. The van der Waals surface area contributed by atoms with E-state index < -0.39 is 30.1 Å². The normalized spacial score (nSPS) is 11.2. The Morgan fingerprint density at radius 1 is 0.964 bits per heavy atom. The van der Waals surface area contributed by atoms with Crippen LogP contribution in [0.5, 0.6) is 0 Å². The molecule has 0 atom stereocenters. The number of H-pyrrole nitrogens is 1. The van der Waals surface area contributed by atoms with E-state index >= 15 is 0 Å². The molecule has 1 heterocycles. The van der Waals surface area contributed by atoms with E-state index in [-0.39, 0.29) is 16.9 Å². The number of aromatic amines is 1. The number of aromatic nitrogens is 1. The third kappa shape index (κ3) is 4.37. The Bertz CT molecular complexity index is 1110. The highest BCUT2D eigenvalue weighted by Crippen LogP contribution is 2.18. The largest absolute Gasteiger partial charge is 0.405 e. The summed E-state index contributed by atoms with van der Waals surface area (Å²) >= 11 is 0. The second-order valence-electron chi connectivity index (χ2n) is 5.90. The summed E-state index contributed by atoms with van der Waals surface area (Å²) in [5.74, 6) is -1.70. The van der Waals surface area contributed by atoms with Crippen molar-refractivity contribution in [3.63, 3.8) is 0 Å². The average Bonchev–Trinajstić information content (AvgIpc) is 2.66. The number of hydrogen-bond donors (Lipinski definition) is 3. The van der Waals surface area contributed by atoms with Crippen molar-refractivity contribution >= 4 is 28.3 Å². The second-order valence-corrected chi connectivity index (χ2v) is 5.90. The van der Waals surface area contributed by atoms with Crippen molar-refractivity contribution in [3.8, 4) is 0 Å². The van der Waals surface area contributed by atoms with E-state index in [4.69, 9.17) is 0 Å². The molecule has 0 fully saturated rings. The van der Waals surface area contributed by atoms with Gasteiger partial charge in [0.1, 0.15) is 12.2 Å². The van der Waals surface area contributed by atoms with E-state index in [1.54, 1.807) is 29.6 Å². The highest BCUT2D eigenvalue weighted by Gasteiger charge is 2.28. The van der Waals surface area contributed by atoms with Gasteiger partial charge in [-0.15, -0.1) is 0 Å². The first-order valence-corrected chi connectivity index (χ1v) is 8.12. The molecule has 0 spiro atoms. The summed E-state index contributed by atoms with van der Waals surface area (Å²) in [6.45, 7) is -1.49. The molecule has 1 aromatic heterocycles. The average molecular weight is 389 g/mol. The van der Waals surface area contributed by atoms with E-state index in [1.807, 2.05) is 0 Å². The molecule has 0 saturated heterocycles. The number of carbonyl (C=O) groups is 2. The van der Waals surface area contributed by atoms with E-state index in [2.05, 4.69) is 10.3 Å². The molecule has 6 nitrogen and oxygen atoms in total. The zero-order valence-electron chi connectivity index (χ0n) is 14.3. The smallest absolute Gasteiger partial charge is 0.343 e. The molecular weight excluding hydrogens is 375 g/mol. The van der Waals surface area contributed by atoms with Gasteiger partial charge in [0.25, 0.3) is 17.4 Å². The van der Waals surface area contributed by atoms with Gasteiger partial charge in [0, 0.05) is 5.39 Å². The summed E-state index contributed by atoms with van der Waals surface area (Å²) in [6.07, 6.45) is -4.56. The molecule has 0 bridgehead atoms. The number of alkyl halides is 3. The summed E-state index contributed by atoms with van der Waals surface area (Å²) in [5.41, 5.74) is -0.627. The number of para-hydroxylation sites is 1. The minimum atomic E-state index is -4.56. The molecule has 3 rings (SSSR count). The summed E-state index contributed by atoms with van der Waals surface area (Å²) in [7, 11) is 0. The lowest BCUT2D eigenvalue weighted by Gasteiger charge is -2.12. The first-order valence-electron chi connectivity index (χ1n) is 8.12. The number of pyridine rings is 1. The van der Waals surface area contributed by atoms with Gasteiger partial charge >= 0.3 is 6.18 Å². The van der Waals surface area contributed by atoms with Gasteiger partial charge in [-0.25, -0.2) is 0 Å². The van der Waals surface area contributed by atoms with Gasteiger partial charge in [-0.1, -0.05) is 30.3 Å². The first-order chi connectivity index (χ1) is 13.2. The van der Waals surface area contributed by atoms with Crippen molar-refractivity contribution in [2.75, 3.05) is 11.9 Å². The summed E-state index contributed by atoms with van der Waals surface area (Å²) < 4.78 is 36.9. The van der Waals surface area contributed by atoms with E-state index in [0.717, 1.165) is 0 Å². The minimum Gasteiger partial charge on any atom is -0.343 e. The van der Waals surface area contributed by atoms with Crippen LogP contribution in [0.2, 0.25) is 0 Å². The molecule has 0 aliphatic rings. The standard InChI is InChI=1S/C19H14F3N3O3/c20-19(21,22)10-23-16(26)13-7-3-4-8-14(13)24-18(28)15-9-11-5-1-2-6-12(11)17(27)25-15/h1-9H,10H2,(H,23,26)(H,24,28)(H,25,27). The molecule has 144 valence electrons. The van der Waals surface area contributed by atoms with E-state index in [9.17, 15) is 27.6 Å². The number of hydrogen-bond acceptors (Lipinski definition) is 3. The van der Waals surface area contributed by atoms with Crippen LogP contribution in [0.4, 0.5) is 18.9 Å². The van der Waals surface area contributed by atoms with E-state index in [0.29, 0.717) is 10.8 Å². The number of halogens is 3. The number of carbonyl (C=O) groups excluding carboxylic acids is 2. The van der Waals surface area contributed by atoms with Crippen LogP contribution in [0, 0.1) is 0 Å². The van der Waals surface area contributed by atoms with Crippen LogP contribution in [0.15, 0.2) is 59.4 Å². The topological polar surface area (TPSA) is 91.1 Å². The summed E-state index contributed by atoms with van der Waals surface area (Å²) in [6, 6.07) is 13.8. The molecule has 0 unspecified atom stereocenters. The first kappa shape index (κ1) is 19.2. The quantitative estimate of drug-likeness (QED) is 0.641. The molecule has 9 heteroatoms. The van der Waals surface area contributed by atoms with Gasteiger partial charge in [0.05, 0.1) is 11.3 Å². The monoisotopic (exact) mass is 389 g/mol. The van der Waals surface area contributed by atoms with Gasteiger partial charge < -0.3 is 15.6 Å². The number of rotatable bonds is 4. The summed E-state index contributed by atoms with van der Waals surface area (Å²) in [4.78, 5) is 39.1. The molecule has 3 N–H and O–H groups in total. The third-order valence-electron chi connectivity index (χ3n) is 3.87. The molecule has 2 aromatic carbocycles.